The van der Waals surface area contributed by atoms with Gasteiger partial charge >= 0.3 is 0 Å². The molecule has 0 spiro atoms. The van der Waals surface area contributed by atoms with Crippen LogP contribution in [0.15, 0.2) is 4.99 Å². The molecule has 0 aromatic carbocycles. The summed E-state index contributed by atoms with van der Waals surface area (Å²) in [4.78, 5) is 4.22. The molecule has 0 atom stereocenters. The molecule has 1 heterocycles. The van der Waals surface area contributed by atoms with E-state index in [-0.39, 0.29) is 0 Å². The SMILES string of the molecule is CCCNCCNCCC1=NCCO1. The van der Waals surface area contributed by atoms with Crippen molar-refractivity contribution in [3.8, 4) is 0 Å². The second-order valence-electron chi connectivity index (χ2n) is 3.37. The van der Waals surface area contributed by atoms with Crippen molar-refractivity contribution in [2.75, 3.05) is 39.3 Å². The van der Waals surface area contributed by atoms with E-state index in [1.165, 1.54) is 6.42 Å². The Hall–Kier alpha value is -0.610. The predicted octanol–water partition coefficient (Wildman–Crippen LogP) is 0.394. The van der Waals surface area contributed by atoms with Crippen molar-refractivity contribution in [2.24, 2.45) is 4.99 Å². The van der Waals surface area contributed by atoms with Crippen LogP contribution in [0.1, 0.15) is 19.8 Å². The van der Waals surface area contributed by atoms with Gasteiger partial charge < -0.3 is 15.4 Å². The zero-order valence-electron chi connectivity index (χ0n) is 9.01. The molecule has 0 unspecified atom stereocenters. The van der Waals surface area contributed by atoms with Crippen LogP contribution in [0.25, 0.3) is 0 Å². The van der Waals surface area contributed by atoms with E-state index in [1.54, 1.807) is 0 Å². The lowest BCUT2D eigenvalue weighted by Gasteiger charge is -2.05. The largest absolute Gasteiger partial charge is 0.479 e. The minimum absolute atomic E-state index is 0.771. The average molecular weight is 199 g/mol. The van der Waals surface area contributed by atoms with Crippen molar-refractivity contribution < 1.29 is 4.74 Å². The highest BCUT2D eigenvalue weighted by atomic mass is 16.5. The minimum Gasteiger partial charge on any atom is -0.479 e. The summed E-state index contributed by atoms with van der Waals surface area (Å²) in [6.45, 7) is 7.93. The van der Waals surface area contributed by atoms with Gasteiger partial charge in [-0.15, -0.1) is 0 Å². The van der Waals surface area contributed by atoms with Crippen molar-refractivity contribution in [1.29, 1.82) is 0 Å². The van der Waals surface area contributed by atoms with Crippen molar-refractivity contribution in [3.05, 3.63) is 0 Å². The van der Waals surface area contributed by atoms with Crippen LogP contribution in [0.3, 0.4) is 0 Å². The van der Waals surface area contributed by atoms with E-state index in [0.717, 1.165) is 51.6 Å². The highest BCUT2D eigenvalue weighted by Gasteiger charge is 2.05. The van der Waals surface area contributed by atoms with E-state index < -0.39 is 0 Å². The van der Waals surface area contributed by atoms with Gasteiger partial charge in [0.2, 0.25) is 0 Å². The molecule has 82 valence electrons. The first-order valence-corrected chi connectivity index (χ1v) is 5.51. The standard InChI is InChI=1S/C10H21N3O/c1-2-4-11-6-7-12-5-3-10-13-8-9-14-10/h11-12H,2-9H2,1H3. The highest BCUT2D eigenvalue weighted by molar-refractivity contribution is 5.77. The molecule has 1 aliphatic heterocycles. The molecule has 0 radical (unpaired) electrons. The van der Waals surface area contributed by atoms with Crippen LogP contribution < -0.4 is 10.6 Å². The Labute approximate surface area is 86.1 Å². The van der Waals surface area contributed by atoms with E-state index in [0.29, 0.717) is 0 Å². The van der Waals surface area contributed by atoms with Gasteiger partial charge in [0, 0.05) is 26.1 Å². The molecule has 2 N–H and O–H groups in total. The highest BCUT2D eigenvalue weighted by Crippen LogP contribution is 1.96. The molecule has 1 aliphatic rings. The van der Waals surface area contributed by atoms with E-state index in [9.17, 15) is 0 Å². The fraction of sp³-hybridized carbons (Fsp3) is 0.900. The maximum absolute atomic E-state index is 5.29. The zero-order valence-corrected chi connectivity index (χ0v) is 9.01. The Morgan fingerprint density at radius 1 is 1.21 bits per heavy atom. The minimum atomic E-state index is 0.771. The Bertz CT molecular complexity index is 171. The van der Waals surface area contributed by atoms with Gasteiger partial charge in [-0.3, -0.25) is 4.99 Å². The van der Waals surface area contributed by atoms with Crippen LogP contribution in [0.5, 0.6) is 0 Å². The lowest BCUT2D eigenvalue weighted by Crippen LogP contribution is -2.29. The fourth-order valence-electron chi connectivity index (χ4n) is 1.33. The Kier molecular flexibility index (Phi) is 6.36. The van der Waals surface area contributed by atoms with Crippen LogP contribution in [-0.4, -0.2) is 45.2 Å². The molecule has 0 aromatic heterocycles. The average Bonchev–Trinajstić information content (AvgIpc) is 2.69. The molecule has 0 fully saturated rings. The number of nitrogens with one attached hydrogen (secondary N) is 2. The van der Waals surface area contributed by atoms with Gasteiger partial charge in [-0.05, 0) is 13.0 Å². The first kappa shape index (κ1) is 11.5. The predicted molar refractivity (Wildman–Crippen MR) is 58.9 cm³/mol. The van der Waals surface area contributed by atoms with Gasteiger partial charge in [0.25, 0.3) is 0 Å². The number of hydrogen-bond donors (Lipinski definition) is 2. The molecule has 0 aromatic rings. The molecule has 0 saturated carbocycles. The van der Waals surface area contributed by atoms with Gasteiger partial charge in [0.05, 0.1) is 6.54 Å². The van der Waals surface area contributed by atoms with E-state index >= 15 is 0 Å². The van der Waals surface area contributed by atoms with E-state index in [2.05, 4.69) is 22.5 Å². The number of hydrogen-bond acceptors (Lipinski definition) is 4. The monoisotopic (exact) mass is 199 g/mol. The Morgan fingerprint density at radius 2 is 2.00 bits per heavy atom. The molecule has 0 saturated heterocycles. The molecule has 4 nitrogen and oxygen atoms in total. The summed E-state index contributed by atoms with van der Waals surface area (Å²) in [5.41, 5.74) is 0. The van der Waals surface area contributed by atoms with Crippen LogP contribution in [-0.2, 0) is 4.74 Å². The van der Waals surface area contributed by atoms with Crippen LogP contribution in [0.2, 0.25) is 0 Å². The normalized spacial score (nSPS) is 15.4. The van der Waals surface area contributed by atoms with E-state index in [4.69, 9.17) is 4.74 Å². The quantitative estimate of drug-likeness (QED) is 0.556. The fourth-order valence-corrected chi connectivity index (χ4v) is 1.33. The third-order valence-corrected chi connectivity index (χ3v) is 2.07. The molecule has 14 heavy (non-hydrogen) atoms. The topological polar surface area (TPSA) is 45.7 Å². The summed E-state index contributed by atoms with van der Waals surface area (Å²) in [5, 5.41) is 6.69. The smallest absolute Gasteiger partial charge is 0.184 e. The number of nitrogens with zero attached hydrogens (tertiary/aromatic N) is 1. The summed E-state index contributed by atoms with van der Waals surface area (Å²) in [7, 11) is 0. The maximum Gasteiger partial charge on any atom is 0.184 e. The van der Waals surface area contributed by atoms with Gasteiger partial charge in [-0.2, -0.15) is 0 Å². The molecule has 1 rings (SSSR count). The second-order valence-corrected chi connectivity index (χ2v) is 3.37. The molecule has 0 bridgehead atoms. The zero-order chi connectivity index (χ0) is 10.1. The third kappa shape index (κ3) is 5.19. The molecule has 0 amide bonds. The van der Waals surface area contributed by atoms with Crippen molar-refractivity contribution >= 4 is 5.90 Å². The summed E-state index contributed by atoms with van der Waals surface area (Å²) in [6, 6.07) is 0. The molecular weight excluding hydrogens is 178 g/mol. The number of rotatable bonds is 8. The molecule has 0 aliphatic carbocycles. The lowest BCUT2D eigenvalue weighted by molar-refractivity contribution is 0.337. The Balaban J connectivity index is 1.80. The first-order valence-electron chi connectivity index (χ1n) is 5.51. The summed E-state index contributed by atoms with van der Waals surface area (Å²) >= 11 is 0. The van der Waals surface area contributed by atoms with Crippen molar-refractivity contribution in [1.82, 2.24) is 10.6 Å². The van der Waals surface area contributed by atoms with Gasteiger partial charge in [-0.1, -0.05) is 6.92 Å². The molecule has 4 heteroatoms. The first-order chi connectivity index (χ1) is 6.93. The second kappa shape index (κ2) is 7.76. The van der Waals surface area contributed by atoms with Crippen molar-refractivity contribution in [3.63, 3.8) is 0 Å². The van der Waals surface area contributed by atoms with Gasteiger partial charge in [-0.25, -0.2) is 0 Å². The Morgan fingerprint density at radius 3 is 2.64 bits per heavy atom. The third-order valence-electron chi connectivity index (χ3n) is 2.07. The van der Waals surface area contributed by atoms with Gasteiger partial charge in [0.15, 0.2) is 5.90 Å². The maximum atomic E-state index is 5.29. The lowest BCUT2D eigenvalue weighted by atomic mass is 10.4. The van der Waals surface area contributed by atoms with Crippen LogP contribution in [0, 0.1) is 0 Å². The summed E-state index contributed by atoms with van der Waals surface area (Å²) in [5.74, 6) is 0.916. The molecular formula is C10H21N3O. The van der Waals surface area contributed by atoms with Crippen LogP contribution in [0.4, 0.5) is 0 Å². The summed E-state index contributed by atoms with van der Waals surface area (Å²) in [6.07, 6.45) is 2.12. The van der Waals surface area contributed by atoms with E-state index in [1.807, 2.05) is 0 Å². The summed E-state index contributed by atoms with van der Waals surface area (Å²) < 4.78 is 5.29. The van der Waals surface area contributed by atoms with Crippen LogP contribution >= 0.6 is 0 Å². The number of ether oxygens (including phenoxy) is 1. The van der Waals surface area contributed by atoms with Gasteiger partial charge in [0.1, 0.15) is 6.61 Å². The number of aliphatic imine (C=N–C) groups is 1. The van der Waals surface area contributed by atoms with Crippen molar-refractivity contribution in [2.45, 2.75) is 19.8 Å².